The van der Waals surface area contributed by atoms with E-state index in [1.54, 1.807) is 0 Å². The highest BCUT2D eigenvalue weighted by Gasteiger charge is 2.41. The summed E-state index contributed by atoms with van der Waals surface area (Å²) < 4.78 is 48.2. The minimum atomic E-state index is -4.72. The fraction of sp³-hybridized carbons (Fsp3) is 0.714. The SMILES string of the molecule is CCOC(=O)c1oc(CCC2CCCC2)nc1C(F)(F)F. The smallest absolute Gasteiger partial charge is 0.437 e. The van der Waals surface area contributed by atoms with Crippen LogP contribution in [0.1, 0.15) is 61.2 Å². The lowest BCUT2D eigenvalue weighted by atomic mass is 10.0. The number of hydrogen-bond donors (Lipinski definition) is 0. The summed E-state index contributed by atoms with van der Waals surface area (Å²) in [4.78, 5) is 15.0. The first-order chi connectivity index (χ1) is 9.91. The van der Waals surface area contributed by atoms with Crippen molar-refractivity contribution in [3.63, 3.8) is 0 Å². The molecular weight excluding hydrogens is 287 g/mol. The molecule has 0 atom stereocenters. The van der Waals surface area contributed by atoms with E-state index in [2.05, 4.69) is 9.72 Å². The van der Waals surface area contributed by atoms with E-state index in [4.69, 9.17) is 4.42 Å². The molecule has 1 aliphatic rings. The van der Waals surface area contributed by atoms with E-state index >= 15 is 0 Å². The Bertz CT molecular complexity index is 490. The van der Waals surface area contributed by atoms with Crippen molar-refractivity contribution in [3.8, 4) is 0 Å². The van der Waals surface area contributed by atoms with E-state index in [1.165, 1.54) is 6.92 Å². The Morgan fingerprint density at radius 1 is 1.38 bits per heavy atom. The van der Waals surface area contributed by atoms with Crippen molar-refractivity contribution in [2.75, 3.05) is 6.61 Å². The number of aromatic nitrogens is 1. The predicted molar refractivity (Wildman–Crippen MR) is 67.7 cm³/mol. The summed E-state index contributed by atoms with van der Waals surface area (Å²) in [6.45, 7) is 1.50. The number of aryl methyl sites for hydroxylation is 1. The highest BCUT2D eigenvalue weighted by Crippen LogP contribution is 2.33. The van der Waals surface area contributed by atoms with E-state index in [0.717, 1.165) is 32.1 Å². The molecule has 2 rings (SSSR count). The van der Waals surface area contributed by atoms with Gasteiger partial charge in [-0.05, 0) is 19.3 Å². The fourth-order valence-corrected chi connectivity index (χ4v) is 2.63. The van der Waals surface area contributed by atoms with Gasteiger partial charge in [0.25, 0.3) is 0 Å². The molecule has 1 saturated carbocycles. The first-order valence-corrected chi connectivity index (χ1v) is 7.15. The van der Waals surface area contributed by atoms with Crippen LogP contribution in [-0.4, -0.2) is 17.6 Å². The average Bonchev–Trinajstić information content (AvgIpc) is 3.05. The molecule has 0 amide bonds. The van der Waals surface area contributed by atoms with Gasteiger partial charge >= 0.3 is 12.1 Å². The summed E-state index contributed by atoms with van der Waals surface area (Å²) in [6.07, 6.45) is 0.843. The van der Waals surface area contributed by atoms with Crippen LogP contribution in [0.5, 0.6) is 0 Å². The zero-order valence-corrected chi connectivity index (χ0v) is 11.8. The van der Waals surface area contributed by atoms with Gasteiger partial charge < -0.3 is 9.15 Å². The van der Waals surface area contributed by atoms with Crippen molar-refractivity contribution in [1.82, 2.24) is 4.98 Å². The third kappa shape index (κ3) is 3.98. The summed E-state index contributed by atoms with van der Waals surface area (Å²) >= 11 is 0. The number of carbonyl (C=O) groups is 1. The van der Waals surface area contributed by atoms with Crippen LogP contribution in [0.3, 0.4) is 0 Å². The van der Waals surface area contributed by atoms with Crippen molar-refractivity contribution in [1.29, 1.82) is 0 Å². The molecule has 0 radical (unpaired) electrons. The van der Waals surface area contributed by atoms with Gasteiger partial charge in [0.1, 0.15) is 0 Å². The number of oxazole rings is 1. The molecule has 0 aromatic carbocycles. The molecule has 0 unspecified atom stereocenters. The Hall–Kier alpha value is -1.53. The van der Waals surface area contributed by atoms with Gasteiger partial charge in [0.15, 0.2) is 11.6 Å². The minimum Gasteiger partial charge on any atom is -0.460 e. The lowest BCUT2D eigenvalue weighted by Crippen LogP contribution is -2.14. The molecule has 4 nitrogen and oxygen atoms in total. The summed E-state index contributed by atoms with van der Waals surface area (Å²) in [5.41, 5.74) is -1.29. The molecule has 1 aromatic rings. The fourth-order valence-electron chi connectivity index (χ4n) is 2.63. The molecule has 7 heteroatoms. The molecule has 0 bridgehead atoms. The molecule has 1 aromatic heterocycles. The Morgan fingerprint density at radius 2 is 2.05 bits per heavy atom. The van der Waals surface area contributed by atoms with Crippen LogP contribution in [0, 0.1) is 5.92 Å². The summed E-state index contributed by atoms with van der Waals surface area (Å²) in [5, 5.41) is 0. The molecular formula is C14H18F3NO3. The lowest BCUT2D eigenvalue weighted by molar-refractivity contribution is -0.141. The summed E-state index contributed by atoms with van der Waals surface area (Å²) in [7, 11) is 0. The standard InChI is InChI=1S/C14H18F3NO3/c1-2-20-13(19)11-12(14(15,16)17)18-10(21-11)8-7-9-5-3-4-6-9/h9H,2-8H2,1H3. The number of hydrogen-bond acceptors (Lipinski definition) is 4. The van der Waals surface area contributed by atoms with Crippen LogP contribution in [0.2, 0.25) is 0 Å². The van der Waals surface area contributed by atoms with Gasteiger partial charge in [0.2, 0.25) is 5.76 Å². The average molecular weight is 305 g/mol. The highest BCUT2D eigenvalue weighted by molar-refractivity contribution is 5.87. The molecule has 0 saturated heterocycles. The van der Waals surface area contributed by atoms with Gasteiger partial charge in [-0.2, -0.15) is 13.2 Å². The molecule has 118 valence electrons. The maximum Gasteiger partial charge on any atom is 0.437 e. The Morgan fingerprint density at radius 3 is 2.62 bits per heavy atom. The van der Waals surface area contributed by atoms with E-state index < -0.39 is 23.6 Å². The number of carbonyl (C=O) groups excluding carboxylic acids is 1. The summed E-state index contributed by atoms with van der Waals surface area (Å²) in [6, 6.07) is 0. The number of halogens is 3. The van der Waals surface area contributed by atoms with Gasteiger partial charge in [-0.3, -0.25) is 0 Å². The van der Waals surface area contributed by atoms with Gasteiger partial charge in [0, 0.05) is 6.42 Å². The van der Waals surface area contributed by atoms with Gasteiger partial charge in [-0.1, -0.05) is 25.7 Å². The quantitative estimate of drug-likeness (QED) is 0.772. The van der Waals surface area contributed by atoms with Crippen molar-refractivity contribution in [2.45, 2.75) is 51.6 Å². The predicted octanol–water partition coefficient (Wildman–Crippen LogP) is 3.99. The third-order valence-corrected chi connectivity index (χ3v) is 3.64. The molecule has 0 N–H and O–H groups in total. The van der Waals surface area contributed by atoms with Gasteiger partial charge in [-0.25, -0.2) is 9.78 Å². The second-order valence-corrected chi connectivity index (χ2v) is 5.19. The zero-order chi connectivity index (χ0) is 15.5. The number of ether oxygens (including phenoxy) is 1. The second-order valence-electron chi connectivity index (χ2n) is 5.19. The van der Waals surface area contributed by atoms with Crippen molar-refractivity contribution in [3.05, 3.63) is 17.3 Å². The van der Waals surface area contributed by atoms with Crippen LogP contribution < -0.4 is 0 Å². The largest absolute Gasteiger partial charge is 0.460 e. The zero-order valence-electron chi connectivity index (χ0n) is 11.8. The number of esters is 1. The molecule has 1 aliphatic carbocycles. The van der Waals surface area contributed by atoms with Crippen LogP contribution in [0.15, 0.2) is 4.42 Å². The maximum absolute atomic E-state index is 12.9. The monoisotopic (exact) mass is 305 g/mol. The second kappa shape index (κ2) is 6.49. The van der Waals surface area contributed by atoms with Crippen LogP contribution >= 0.6 is 0 Å². The molecule has 1 fully saturated rings. The number of rotatable bonds is 5. The van der Waals surface area contributed by atoms with E-state index in [0.29, 0.717) is 12.3 Å². The topological polar surface area (TPSA) is 52.3 Å². The lowest BCUT2D eigenvalue weighted by Gasteiger charge is -2.05. The van der Waals surface area contributed by atoms with Crippen LogP contribution in [0.25, 0.3) is 0 Å². The van der Waals surface area contributed by atoms with Gasteiger partial charge in [0.05, 0.1) is 6.61 Å². The first kappa shape index (κ1) is 15.9. The molecule has 21 heavy (non-hydrogen) atoms. The normalized spacial score (nSPS) is 16.4. The summed E-state index contributed by atoms with van der Waals surface area (Å²) in [5.74, 6) is -1.50. The molecule has 0 aliphatic heterocycles. The van der Waals surface area contributed by atoms with Crippen LogP contribution in [-0.2, 0) is 17.3 Å². The third-order valence-electron chi connectivity index (χ3n) is 3.64. The Kier molecular flexibility index (Phi) is 4.90. The first-order valence-electron chi connectivity index (χ1n) is 7.15. The maximum atomic E-state index is 12.9. The van der Waals surface area contributed by atoms with Crippen molar-refractivity contribution in [2.24, 2.45) is 5.92 Å². The van der Waals surface area contributed by atoms with Crippen molar-refractivity contribution >= 4 is 5.97 Å². The van der Waals surface area contributed by atoms with E-state index in [9.17, 15) is 18.0 Å². The van der Waals surface area contributed by atoms with Crippen LogP contribution in [0.4, 0.5) is 13.2 Å². The van der Waals surface area contributed by atoms with E-state index in [-0.39, 0.29) is 12.5 Å². The Balaban J connectivity index is 2.13. The van der Waals surface area contributed by atoms with Crippen molar-refractivity contribution < 1.29 is 27.1 Å². The van der Waals surface area contributed by atoms with E-state index in [1.807, 2.05) is 0 Å². The molecule has 1 heterocycles. The molecule has 0 spiro atoms. The number of alkyl halides is 3. The Labute approximate surface area is 120 Å². The number of nitrogens with zero attached hydrogens (tertiary/aromatic N) is 1. The van der Waals surface area contributed by atoms with Gasteiger partial charge in [-0.15, -0.1) is 0 Å². The highest BCUT2D eigenvalue weighted by atomic mass is 19.4. The minimum absolute atomic E-state index is 0.0196.